The van der Waals surface area contributed by atoms with Gasteiger partial charge in [-0.1, -0.05) is 0 Å². The van der Waals surface area contributed by atoms with Crippen LogP contribution in [0.3, 0.4) is 0 Å². The monoisotopic (exact) mass is 495 g/mol. The Labute approximate surface area is 210 Å². The van der Waals surface area contributed by atoms with Crippen molar-refractivity contribution in [3.8, 4) is 28.6 Å². The highest BCUT2D eigenvalue weighted by atomic mass is 16.5. The number of anilines is 2. The van der Waals surface area contributed by atoms with E-state index in [2.05, 4.69) is 30.6 Å². The second-order valence-corrected chi connectivity index (χ2v) is 8.73. The van der Waals surface area contributed by atoms with E-state index in [-0.39, 0.29) is 11.9 Å². The molecule has 36 heavy (non-hydrogen) atoms. The van der Waals surface area contributed by atoms with Crippen LogP contribution in [0.4, 0.5) is 11.6 Å². The Balaban J connectivity index is 1.49. The number of nitrogens with one attached hydrogen (secondary N) is 2. The molecule has 1 fully saturated rings. The highest BCUT2D eigenvalue weighted by Crippen LogP contribution is 2.40. The topological polar surface area (TPSA) is 116 Å². The molecule has 1 amide bonds. The molecule has 0 bridgehead atoms. The van der Waals surface area contributed by atoms with E-state index in [1.54, 1.807) is 63.5 Å². The van der Waals surface area contributed by atoms with Crippen molar-refractivity contribution < 1.29 is 19.0 Å². The summed E-state index contributed by atoms with van der Waals surface area (Å²) in [6, 6.07) is 7.07. The fraction of sp³-hybridized carbons (Fsp3) is 0.440. The molecule has 0 aliphatic carbocycles. The maximum atomic E-state index is 12.9. The molecule has 0 radical (unpaired) electrons. The smallest absolute Gasteiger partial charge is 0.269 e. The first-order chi connectivity index (χ1) is 17.4. The number of nitrogens with zero attached hydrogens (tertiary/aromatic N) is 5. The van der Waals surface area contributed by atoms with E-state index >= 15 is 0 Å². The Morgan fingerprint density at radius 2 is 1.75 bits per heavy atom. The maximum absolute atomic E-state index is 12.9. The molecular formula is C25H33N7O4. The molecule has 11 nitrogen and oxygen atoms in total. The van der Waals surface area contributed by atoms with E-state index < -0.39 is 0 Å². The van der Waals surface area contributed by atoms with Crippen molar-refractivity contribution >= 4 is 17.5 Å². The van der Waals surface area contributed by atoms with Crippen LogP contribution >= 0.6 is 0 Å². The maximum Gasteiger partial charge on any atom is 0.269 e. The second kappa shape index (κ2) is 11.3. The zero-order valence-corrected chi connectivity index (χ0v) is 21.4. The Bertz CT molecular complexity index is 1180. The van der Waals surface area contributed by atoms with Crippen LogP contribution in [0.15, 0.2) is 30.5 Å². The van der Waals surface area contributed by atoms with E-state index in [0.717, 1.165) is 19.6 Å². The van der Waals surface area contributed by atoms with Crippen molar-refractivity contribution in [1.82, 2.24) is 30.0 Å². The lowest BCUT2D eigenvalue weighted by atomic mass is 10.2. The number of aromatic nitrogens is 4. The van der Waals surface area contributed by atoms with Crippen molar-refractivity contribution in [3.05, 3.63) is 36.2 Å². The fourth-order valence-corrected chi connectivity index (χ4v) is 4.34. The number of aryl methyl sites for hydroxylation is 1. The highest BCUT2D eigenvalue weighted by Gasteiger charge is 2.20. The van der Waals surface area contributed by atoms with Gasteiger partial charge in [0, 0.05) is 43.7 Å². The molecule has 0 spiro atoms. The van der Waals surface area contributed by atoms with Gasteiger partial charge in [0.15, 0.2) is 11.5 Å². The van der Waals surface area contributed by atoms with Crippen molar-refractivity contribution in [1.29, 1.82) is 0 Å². The SMILES string of the molecule is COc1cc(Nc2nccc(-c3cc(C(=O)NC(C)CN4CCCC4)n(C)n3)n2)cc(OC)c1OC. The van der Waals surface area contributed by atoms with Crippen LogP contribution in [0.1, 0.15) is 30.3 Å². The van der Waals surface area contributed by atoms with Gasteiger partial charge in [-0.25, -0.2) is 9.97 Å². The van der Waals surface area contributed by atoms with Crippen LogP contribution in [0, 0.1) is 0 Å². The molecule has 4 rings (SSSR count). The summed E-state index contributed by atoms with van der Waals surface area (Å²) in [7, 11) is 6.41. The van der Waals surface area contributed by atoms with Gasteiger partial charge in [-0.05, 0) is 45.0 Å². The number of methoxy groups -OCH3 is 3. The molecule has 1 aromatic carbocycles. The molecule has 0 saturated carbocycles. The molecule has 2 N–H and O–H groups in total. The van der Waals surface area contributed by atoms with Crippen molar-refractivity contribution in [2.24, 2.45) is 7.05 Å². The molecular weight excluding hydrogens is 462 g/mol. The Morgan fingerprint density at radius 3 is 2.39 bits per heavy atom. The zero-order valence-electron chi connectivity index (χ0n) is 21.4. The van der Waals surface area contributed by atoms with Crippen LogP contribution in [0.2, 0.25) is 0 Å². The Morgan fingerprint density at radius 1 is 1.06 bits per heavy atom. The lowest BCUT2D eigenvalue weighted by molar-refractivity contribution is 0.0922. The van der Waals surface area contributed by atoms with Crippen LogP contribution in [-0.2, 0) is 7.05 Å². The predicted molar refractivity (Wildman–Crippen MR) is 136 cm³/mol. The summed E-state index contributed by atoms with van der Waals surface area (Å²) in [4.78, 5) is 24.2. The van der Waals surface area contributed by atoms with Gasteiger partial charge in [0.05, 0.1) is 27.0 Å². The number of amides is 1. The zero-order chi connectivity index (χ0) is 25.7. The van der Waals surface area contributed by atoms with E-state index in [1.807, 2.05) is 6.92 Å². The standard InChI is InChI=1S/C25H33N7O4/c1-16(15-32-10-6-7-11-32)27-24(33)20-14-19(30-31(20)2)18-8-9-26-25(29-18)28-17-12-21(34-3)23(36-5)22(13-17)35-4/h8-9,12-14,16H,6-7,10-11,15H2,1-5H3,(H,27,33)(H,26,28,29). The van der Waals surface area contributed by atoms with Crippen molar-refractivity contribution in [3.63, 3.8) is 0 Å². The number of likely N-dealkylation sites (tertiary alicyclic amines) is 1. The van der Waals surface area contributed by atoms with Gasteiger partial charge in [-0.15, -0.1) is 0 Å². The van der Waals surface area contributed by atoms with E-state index in [1.165, 1.54) is 12.8 Å². The quantitative estimate of drug-likeness (QED) is 0.438. The van der Waals surface area contributed by atoms with E-state index in [9.17, 15) is 4.79 Å². The normalized spacial score (nSPS) is 14.4. The van der Waals surface area contributed by atoms with Crippen molar-refractivity contribution in [2.75, 3.05) is 46.3 Å². The minimum Gasteiger partial charge on any atom is -0.493 e. The lowest BCUT2D eigenvalue weighted by Gasteiger charge is -2.21. The number of benzene rings is 1. The number of hydrogen-bond acceptors (Lipinski definition) is 9. The van der Waals surface area contributed by atoms with Crippen LogP contribution in [0.25, 0.3) is 11.4 Å². The third-order valence-electron chi connectivity index (χ3n) is 6.06. The summed E-state index contributed by atoms with van der Waals surface area (Å²) in [5.74, 6) is 1.71. The second-order valence-electron chi connectivity index (χ2n) is 8.73. The molecule has 1 aliphatic heterocycles. The number of carbonyl (C=O) groups excluding carboxylic acids is 1. The lowest BCUT2D eigenvalue weighted by Crippen LogP contribution is -2.41. The number of ether oxygens (including phenoxy) is 3. The van der Waals surface area contributed by atoms with Crippen LogP contribution in [-0.4, -0.2) is 77.6 Å². The van der Waals surface area contributed by atoms with E-state index in [0.29, 0.717) is 46.0 Å². The third-order valence-corrected chi connectivity index (χ3v) is 6.06. The average Bonchev–Trinajstić information content (AvgIpc) is 3.53. The average molecular weight is 496 g/mol. The molecule has 3 aromatic rings. The minimum atomic E-state index is -0.159. The molecule has 2 aromatic heterocycles. The highest BCUT2D eigenvalue weighted by molar-refractivity contribution is 5.93. The number of hydrogen-bond donors (Lipinski definition) is 2. The van der Waals surface area contributed by atoms with Gasteiger partial charge < -0.3 is 29.7 Å². The molecule has 192 valence electrons. The summed E-state index contributed by atoms with van der Waals surface area (Å²) in [6.07, 6.45) is 4.08. The molecule has 11 heteroatoms. The number of rotatable bonds is 10. The van der Waals surface area contributed by atoms with Gasteiger partial charge in [0.2, 0.25) is 11.7 Å². The van der Waals surface area contributed by atoms with Crippen LogP contribution in [0.5, 0.6) is 17.2 Å². The minimum absolute atomic E-state index is 0.0438. The molecule has 1 aliphatic rings. The van der Waals surface area contributed by atoms with Gasteiger partial charge in [-0.3, -0.25) is 9.48 Å². The summed E-state index contributed by atoms with van der Waals surface area (Å²) in [5, 5.41) is 10.8. The Kier molecular flexibility index (Phi) is 7.89. The third kappa shape index (κ3) is 5.68. The van der Waals surface area contributed by atoms with Crippen LogP contribution < -0.4 is 24.8 Å². The summed E-state index contributed by atoms with van der Waals surface area (Å²) in [5.41, 5.74) is 2.29. The largest absolute Gasteiger partial charge is 0.493 e. The Hall–Kier alpha value is -3.86. The molecule has 1 unspecified atom stereocenters. The first-order valence-corrected chi connectivity index (χ1v) is 11.9. The van der Waals surface area contributed by atoms with E-state index in [4.69, 9.17) is 14.2 Å². The molecule has 3 heterocycles. The number of carbonyl (C=O) groups is 1. The van der Waals surface area contributed by atoms with Crippen molar-refractivity contribution in [2.45, 2.75) is 25.8 Å². The summed E-state index contributed by atoms with van der Waals surface area (Å²) in [6.45, 7) is 5.06. The first-order valence-electron chi connectivity index (χ1n) is 11.9. The predicted octanol–water partition coefficient (Wildman–Crippen LogP) is 2.86. The van der Waals surface area contributed by atoms with Gasteiger partial charge >= 0.3 is 0 Å². The fourth-order valence-electron chi connectivity index (χ4n) is 4.34. The molecule has 1 atom stereocenters. The van der Waals surface area contributed by atoms with Gasteiger partial charge in [0.1, 0.15) is 11.4 Å². The summed E-state index contributed by atoms with van der Waals surface area (Å²) >= 11 is 0. The first kappa shape index (κ1) is 25.2. The summed E-state index contributed by atoms with van der Waals surface area (Å²) < 4.78 is 17.8. The van der Waals surface area contributed by atoms with Gasteiger partial charge in [0.25, 0.3) is 5.91 Å². The molecule has 1 saturated heterocycles. The van der Waals surface area contributed by atoms with Gasteiger partial charge in [-0.2, -0.15) is 5.10 Å².